The molecule has 26 heavy (non-hydrogen) atoms. The Morgan fingerprint density at radius 3 is 1.38 bits per heavy atom. The normalized spacial score (nSPS) is 38.4. The van der Waals surface area contributed by atoms with Crippen molar-refractivity contribution in [2.24, 2.45) is 35.5 Å². The van der Waals surface area contributed by atoms with Gasteiger partial charge in [0.1, 0.15) is 0 Å². The van der Waals surface area contributed by atoms with E-state index in [1.54, 1.807) is 38.5 Å². The van der Waals surface area contributed by atoms with Crippen LogP contribution in [-0.4, -0.2) is 0 Å². The molecule has 3 fully saturated rings. The highest BCUT2D eigenvalue weighted by Gasteiger charge is 2.28. The van der Waals surface area contributed by atoms with Crippen LogP contribution in [0.25, 0.3) is 0 Å². The van der Waals surface area contributed by atoms with Crippen molar-refractivity contribution in [3.63, 3.8) is 0 Å². The largest absolute Gasteiger partial charge is 0.107 e. The first-order chi connectivity index (χ1) is 11.7. The summed E-state index contributed by atoms with van der Waals surface area (Å²) in [4.78, 5) is 0. The van der Waals surface area contributed by atoms with Gasteiger partial charge in [-0.1, -0.05) is 77.9 Å². The van der Waals surface area contributed by atoms with Crippen molar-refractivity contribution in [1.82, 2.24) is 0 Å². The van der Waals surface area contributed by atoms with E-state index in [4.69, 9.17) is 0 Å². The van der Waals surface area contributed by atoms with Gasteiger partial charge >= 0.3 is 0 Å². The van der Waals surface area contributed by atoms with Gasteiger partial charge in [-0.25, -0.2) is 0 Å². The van der Waals surface area contributed by atoms with E-state index in [2.05, 4.69) is 26.0 Å². The SMILES string of the molecule is C.C/C=C/C1CCC(CC2CCC(CC3CCC(C)CC3)CC2)CC1.I.[2HH]. The van der Waals surface area contributed by atoms with Crippen molar-refractivity contribution >= 4 is 24.0 Å². The van der Waals surface area contributed by atoms with Gasteiger partial charge in [0.15, 0.2) is 0 Å². The minimum atomic E-state index is 0. The van der Waals surface area contributed by atoms with Gasteiger partial charge in [0.05, 0.1) is 0 Å². The van der Waals surface area contributed by atoms with Gasteiger partial charge in [-0.15, -0.1) is 24.0 Å². The molecule has 3 rings (SSSR count). The maximum atomic E-state index is 2.45. The van der Waals surface area contributed by atoms with Crippen LogP contribution in [0.5, 0.6) is 0 Å². The van der Waals surface area contributed by atoms with Crippen LogP contribution in [0.1, 0.15) is 113 Å². The Morgan fingerprint density at radius 2 is 1.00 bits per heavy atom. The third-order valence-corrected chi connectivity index (χ3v) is 7.79. The molecule has 0 atom stereocenters. The van der Waals surface area contributed by atoms with E-state index in [-0.39, 0.29) is 32.8 Å². The predicted octanol–water partition coefficient (Wildman–Crippen LogP) is 9.28. The summed E-state index contributed by atoms with van der Waals surface area (Å²) in [6, 6.07) is 0. The third-order valence-electron chi connectivity index (χ3n) is 7.79. The van der Waals surface area contributed by atoms with Crippen molar-refractivity contribution in [2.45, 2.75) is 111 Å². The number of halogens is 1. The van der Waals surface area contributed by atoms with Crippen molar-refractivity contribution in [2.75, 3.05) is 0 Å². The summed E-state index contributed by atoms with van der Waals surface area (Å²) < 4.78 is 0. The molecule has 1 heteroatoms. The molecule has 0 bridgehead atoms. The van der Waals surface area contributed by atoms with E-state index >= 15 is 0 Å². The lowest BCUT2D eigenvalue weighted by molar-refractivity contribution is 0.170. The molecule has 0 aromatic heterocycles. The van der Waals surface area contributed by atoms with Crippen LogP contribution in [-0.2, 0) is 0 Å². The molecule has 0 spiro atoms. The summed E-state index contributed by atoms with van der Waals surface area (Å²) >= 11 is 0. The average molecular weight is 478 g/mol. The van der Waals surface area contributed by atoms with Gasteiger partial charge in [0.2, 0.25) is 0 Å². The molecule has 0 aliphatic heterocycles. The first-order valence-electron chi connectivity index (χ1n) is 11.4. The van der Waals surface area contributed by atoms with Gasteiger partial charge in [-0.2, -0.15) is 0 Å². The molecular weight excluding hydrogens is 427 g/mol. The van der Waals surface area contributed by atoms with Crippen LogP contribution in [0.2, 0.25) is 0 Å². The van der Waals surface area contributed by atoms with Crippen LogP contribution in [0.4, 0.5) is 0 Å². The van der Waals surface area contributed by atoms with E-state index in [1.807, 2.05) is 0 Å². The summed E-state index contributed by atoms with van der Waals surface area (Å²) in [5.74, 6) is 6.23. The molecule has 0 heterocycles. The highest BCUT2D eigenvalue weighted by molar-refractivity contribution is 14.0. The van der Waals surface area contributed by atoms with Crippen LogP contribution in [0.3, 0.4) is 0 Å². The van der Waals surface area contributed by atoms with E-state index in [0.717, 1.165) is 35.5 Å². The Balaban J connectivity index is 0.00000225. The van der Waals surface area contributed by atoms with E-state index < -0.39 is 0 Å². The van der Waals surface area contributed by atoms with Gasteiger partial charge in [-0.05, 0) is 81.0 Å². The summed E-state index contributed by atoms with van der Waals surface area (Å²) in [5, 5.41) is 0. The lowest BCUT2D eigenvalue weighted by Gasteiger charge is -2.35. The average Bonchev–Trinajstić information content (AvgIpc) is 2.61. The molecule has 0 radical (unpaired) electrons. The number of rotatable bonds is 5. The fourth-order valence-electron chi connectivity index (χ4n) is 6.10. The Bertz CT molecular complexity index is 370. The topological polar surface area (TPSA) is 0 Å². The number of hydrogen-bond acceptors (Lipinski definition) is 0. The zero-order valence-electron chi connectivity index (χ0n) is 16.9. The van der Waals surface area contributed by atoms with Crippen molar-refractivity contribution in [3.05, 3.63) is 12.2 Å². The summed E-state index contributed by atoms with van der Waals surface area (Å²) in [6.07, 6.45) is 26.1. The fourth-order valence-corrected chi connectivity index (χ4v) is 6.10. The summed E-state index contributed by atoms with van der Waals surface area (Å²) in [6.45, 7) is 4.63. The molecule has 3 aliphatic rings. The Morgan fingerprint density at radius 1 is 0.654 bits per heavy atom. The smallest absolute Gasteiger partial charge is 0 e. The molecule has 0 N–H and O–H groups in total. The van der Waals surface area contributed by atoms with E-state index in [9.17, 15) is 0 Å². The molecule has 0 amide bonds. The van der Waals surface area contributed by atoms with E-state index in [0.29, 0.717) is 0 Å². The molecule has 0 nitrogen and oxygen atoms in total. The molecule has 0 aromatic rings. The van der Waals surface area contributed by atoms with Gasteiger partial charge in [0, 0.05) is 1.43 Å². The third kappa shape index (κ3) is 7.84. The second-order valence-electron chi connectivity index (χ2n) is 9.79. The van der Waals surface area contributed by atoms with E-state index in [1.165, 1.54) is 51.4 Å². The predicted molar refractivity (Wildman–Crippen MR) is 130 cm³/mol. The number of hydrogen-bond donors (Lipinski definition) is 0. The minimum absolute atomic E-state index is 0. The van der Waals surface area contributed by atoms with Crippen LogP contribution in [0, 0.1) is 35.5 Å². The van der Waals surface area contributed by atoms with Gasteiger partial charge in [-0.3, -0.25) is 0 Å². The zero-order chi connectivity index (χ0) is 16.8. The Hall–Kier alpha value is 0.470. The highest BCUT2D eigenvalue weighted by atomic mass is 127. The second kappa shape index (κ2) is 12.8. The molecule has 0 aromatic carbocycles. The lowest BCUT2D eigenvalue weighted by atomic mass is 9.70. The highest BCUT2D eigenvalue weighted by Crippen LogP contribution is 2.41. The summed E-state index contributed by atoms with van der Waals surface area (Å²) in [7, 11) is 0. The van der Waals surface area contributed by atoms with Crippen LogP contribution in [0.15, 0.2) is 12.2 Å². The minimum Gasteiger partial charge on any atom is -0.107 e. The Kier molecular flexibility index (Phi) is 12.1. The molecule has 0 unspecified atom stereocenters. The fraction of sp³-hybridized carbons (Fsp3) is 0.920. The summed E-state index contributed by atoms with van der Waals surface area (Å²) in [5.41, 5.74) is 0. The molecule has 3 aliphatic carbocycles. The second-order valence-corrected chi connectivity index (χ2v) is 9.79. The monoisotopic (exact) mass is 477 g/mol. The maximum absolute atomic E-state index is 2.45. The molecule has 156 valence electrons. The quantitative estimate of drug-likeness (QED) is 0.273. The first-order valence-corrected chi connectivity index (χ1v) is 11.4. The number of allylic oxidation sites excluding steroid dienone is 2. The molecule has 3 saturated carbocycles. The molecular formula is C25H49I. The Labute approximate surface area is 183 Å². The van der Waals surface area contributed by atoms with Crippen LogP contribution < -0.4 is 0 Å². The van der Waals surface area contributed by atoms with Crippen LogP contribution >= 0.6 is 24.0 Å². The lowest BCUT2D eigenvalue weighted by Crippen LogP contribution is -2.22. The zero-order valence-corrected chi connectivity index (χ0v) is 19.3. The van der Waals surface area contributed by atoms with Crippen molar-refractivity contribution < 1.29 is 1.43 Å². The van der Waals surface area contributed by atoms with Gasteiger partial charge in [0.25, 0.3) is 0 Å². The standard InChI is InChI=1S/C24H42.CH4.HI.H2/c1-3-4-20-9-11-22(12-10-20)18-24-15-13-23(14-16-24)17-21-7-5-19(2)6-8-21;;;/h3-4,19-24H,5-18H2,1-2H3;1H4;2*1H/b4-3+;;;/i;;;1+1. The van der Waals surface area contributed by atoms with Crippen molar-refractivity contribution in [3.8, 4) is 0 Å². The van der Waals surface area contributed by atoms with Gasteiger partial charge < -0.3 is 0 Å². The first kappa shape index (κ1) is 24.5. The maximum Gasteiger partial charge on any atom is 0 e. The van der Waals surface area contributed by atoms with Crippen molar-refractivity contribution in [1.29, 1.82) is 0 Å². The molecule has 0 saturated heterocycles.